The molecule has 1 aliphatic heterocycles. The monoisotopic (exact) mass is 357 g/mol. The van der Waals surface area contributed by atoms with Crippen LogP contribution in [0, 0.1) is 10.5 Å². The summed E-state index contributed by atoms with van der Waals surface area (Å²) in [7, 11) is 0. The van der Waals surface area contributed by atoms with E-state index in [9.17, 15) is 0 Å². The molecule has 1 aromatic carbocycles. The van der Waals surface area contributed by atoms with Crippen LogP contribution in [0.2, 0.25) is 0 Å². The Morgan fingerprint density at radius 1 is 1.11 bits per heavy atom. The Bertz CT molecular complexity index is 426. The van der Waals surface area contributed by atoms with Crippen LogP contribution in [-0.2, 0) is 9.47 Å². The summed E-state index contributed by atoms with van der Waals surface area (Å²) in [5.74, 6) is -0.353. The van der Waals surface area contributed by atoms with Gasteiger partial charge in [0.2, 0.25) is 0 Å². The Kier molecular flexibility index (Phi) is 3.65. The van der Waals surface area contributed by atoms with Crippen LogP contribution in [0.4, 0.5) is 0 Å². The summed E-state index contributed by atoms with van der Waals surface area (Å²) in [5.41, 5.74) is 1.21. The van der Waals surface area contributed by atoms with Gasteiger partial charge in [-0.25, -0.2) is 0 Å². The average molecular weight is 357 g/mol. The fraction of sp³-hybridized carbons (Fsp3) is 0.533. The molecule has 97 valence electrons. The van der Waals surface area contributed by atoms with Crippen molar-refractivity contribution in [1.29, 1.82) is 0 Å². The van der Waals surface area contributed by atoms with Crippen molar-refractivity contribution in [2.45, 2.75) is 50.1 Å². The molecule has 1 saturated carbocycles. The van der Waals surface area contributed by atoms with Crippen molar-refractivity contribution >= 4 is 22.6 Å². The summed E-state index contributed by atoms with van der Waals surface area (Å²) in [4.78, 5) is 0. The van der Waals surface area contributed by atoms with Gasteiger partial charge < -0.3 is 9.47 Å². The normalized spacial score (nSPS) is 30.8. The van der Waals surface area contributed by atoms with Gasteiger partial charge in [-0.15, -0.1) is 0 Å². The minimum atomic E-state index is -0.353. The largest absolute Gasteiger partial charge is 0.344 e. The number of rotatable bonds is 1. The van der Waals surface area contributed by atoms with Gasteiger partial charge in [0, 0.05) is 16.4 Å². The molecule has 2 atom stereocenters. The first-order valence-corrected chi connectivity index (χ1v) is 7.71. The Morgan fingerprint density at radius 2 is 1.83 bits per heavy atom. The van der Waals surface area contributed by atoms with E-state index in [4.69, 9.17) is 9.47 Å². The number of halogens is 1. The van der Waals surface area contributed by atoms with E-state index in [2.05, 4.69) is 53.8 Å². The molecule has 2 nitrogen and oxygen atoms in total. The van der Waals surface area contributed by atoms with E-state index in [1.165, 1.54) is 28.4 Å². The zero-order chi connectivity index (χ0) is 12.6. The molecule has 1 saturated heterocycles. The molecule has 1 radical (unpaired) electrons. The lowest BCUT2D eigenvalue weighted by atomic mass is 9.94. The molecule has 3 rings (SSSR count). The molecule has 1 aliphatic carbocycles. The third-order valence-corrected chi connectivity index (χ3v) is 4.86. The van der Waals surface area contributed by atoms with Crippen molar-refractivity contribution in [3.8, 4) is 0 Å². The summed E-state index contributed by atoms with van der Waals surface area (Å²) in [6.07, 6.45) is 5.61. The molecule has 2 fully saturated rings. The highest BCUT2D eigenvalue weighted by Crippen LogP contribution is 2.46. The molecular formula is C15H18IO2. The zero-order valence-corrected chi connectivity index (χ0v) is 12.6. The first-order chi connectivity index (χ1) is 8.70. The van der Waals surface area contributed by atoms with Crippen molar-refractivity contribution in [2.75, 3.05) is 0 Å². The van der Waals surface area contributed by atoms with E-state index in [-0.39, 0.29) is 18.0 Å². The Balaban J connectivity index is 1.84. The van der Waals surface area contributed by atoms with Crippen LogP contribution < -0.4 is 0 Å². The number of hydrogen-bond acceptors (Lipinski definition) is 2. The van der Waals surface area contributed by atoms with Crippen LogP contribution in [0.3, 0.4) is 0 Å². The van der Waals surface area contributed by atoms with Crippen molar-refractivity contribution in [2.24, 2.45) is 0 Å². The van der Waals surface area contributed by atoms with Crippen molar-refractivity contribution in [3.63, 3.8) is 0 Å². The summed E-state index contributed by atoms with van der Waals surface area (Å²) in [6.45, 7) is 4.14. The third-order valence-electron chi connectivity index (χ3n) is 3.87. The molecule has 1 heterocycles. The molecule has 0 aromatic heterocycles. The van der Waals surface area contributed by atoms with Gasteiger partial charge in [-0.1, -0.05) is 24.6 Å². The predicted molar refractivity (Wildman–Crippen MR) is 79.0 cm³/mol. The van der Waals surface area contributed by atoms with E-state index in [1.807, 2.05) is 0 Å². The fourth-order valence-corrected chi connectivity index (χ4v) is 3.66. The van der Waals surface area contributed by atoms with E-state index in [0.29, 0.717) is 0 Å². The van der Waals surface area contributed by atoms with Gasteiger partial charge in [0.15, 0.2) is 5.79 Å². The topological polar surface area (TPSA) is 18.5 Å². The smallest absolute Gasteiger partial charge is 0.169 e. The maximum atomic E-state index is 6.28. The van der Waals surface area contributed by atoms with Crippen LogP contribution >= 0.6 is 22.6 Å². The highest BCUT2D eigenvalue weighted by Gasteiger charge is 2.47. The standard InChI is InChI=1S/C15H18IO2/c1-11-14(12-7-3-4-8-13(12)16)18-15(17-11)9-5-2-6-10-15/h3-4,7-8,11,14H,1-2,5-6,9-10H2/t11-,14+/m1/s1. The summed E-state index contributed by atoms with van der Waals surface area (Å²) >= 11 is 2.36. The molecule has 0 amide bonds. The second-order valence-corrected chi connectivity index (χ2v) is 6.35. The van der Waals surface area contributed by atoms with E-state index in [0.717, 1.165) is 12.8 Å². The Labute approximate surface area is 122 Å². The van der Waals surface area contributed by atoms with Crippen molar-refractivity contribution in [3.05, 3.63) is 40.3 Å². The number of hydrogen-bond donors (Lipinski definition) is 0. The lowest BCUT2D eigenvalue weighted by Gasteiger charge is -2.31. The molecule has 0 N–H and O–H groups in total. The minimum absolute atomic E-state index is 0.0174. The molecular weight excluding hydrogens is 339 g/mol. The Morgan fingerprint density at radius 3 is 2.56 bits per heavy atom. The van der Waals surface area contributed by atoms with Gasteiger partial charge in [0.25, 0.3) is 0 Å². The minimum Gasteiger partial charge on any atom is -0.344 e. The lowest BCUT2D eigenvalue weighted by Crippen LogP contribution is -2.33. The Hall–Kier alpha value is -0.130. The van der Waals surface area contributed by atoms with E-state index in [1.54, 1.807) is 0 Å². The van der Waals surface area contributed by atoms with Crippen LogP contribution in [0.15, 0.2) is 24.3 Å². The van der Waals surface area contributed by atoms with Crippen LogP contribution in [0.5, 0.6) is 0 Å². The average Bonchev–Trinajstić information content (AvgIpc) is 2.67. The summed E-state index contributed by atoms with van der Waals surface area (Å²) < 4.78 is 13.6. The zero-order valence-electron chi connectivity index (χ0n) is 10.4. The molecule has 0 unspecified atom stereocenters. The van der Waals surface area contributed by atoms with Gasteiger partial charge in [-0.3, -0.25) is 0 Å². The van der Waals surface area contributed by atoms with Crippen LogP contribution in [0.25, 0.3) is 0 Å². The van der Waals surface area contributed by atoms with Crippen molar-refractivity contribution < 1.29 is 9.47 Å². The van der Waals surface area contributed by atoms with E-state index >= 15 is 0 Å². The highest BCUT2D eigenvalue weighted by molar-refractivity contribution is 14.1. The third kappa shape index (κ3) is 2.32. The second-order valence-electron chi connectivity index (χ2n) is 5.19. The molecule has 0 bridgehead atoms. The summed E-state index contributed by atoms with van der Waals surface area (Å²) in [5, 5.41) is 0. The van der Waals surface area contributed by atoms with E-state index < -0.39 is 0 Å². The van der Waals surface area contributed by atoms with Gasteiger partial charge in [0.1, 0.15) is 6.10 Å². The maximum Gasteiger partial charge on any atom is 0.169 e. The summed E-state index contributed by atoms with van der Waals surface area (Å²) in [6, 6.07) is 8.34. The van der Waals surface area contributed by atoms with Crippen LogP contribution in [0.1, 0.15) is 43.8 Å². The lowest BCUT2D eigenvalue weighted by molar-refractivity contribution is -0.192. The quantitative estimate of drug-likeness (QED) is 0.700. The predicted octanol–water partition coefficient (Wildman–Crippen LogP) is 4.24. The second kappa shape index (κ2) is 5.10. The first-order valence-electron chi connectivity index (χ1n) is 6.63. The van der Waals surface area contributed by atoms with Crippen molar-refractivity contribution in [1.82, 2.24) is 0 Å². The van der Waals surface area contributed by atoms with Crippen LogP contribution in [-0.4, -0.2) is 11.9 Å². The van der Waals surface area contributed by atoms with Gasteiger partial charge in [-0.2, -0.15) is 0 Å². The molecule has 18 heavy (non-hydrogen) atoms. The van der Waals surface area contributed by atoms with Gasteiger partial charge in [0.05, 0.1) is 6.10 Å². The molecule has 1 spiro atoms. The maximum absolute atomic E-state index is 6.28. The molecule has 1 aromatic rings. The highest BCUT2D eigenvalue weighted by atomic mass is 127. The fourth-order valence-electron chi connectivity index (χ4n) is 2.97. The number of benzene rings is 1. The van der Waals surface area contributed by atoms with Gasteiger partial charge >= 0.3 is 0 Å². The number of ether oxygens (including phenoxy) is 2. The molecule has 2 aliphatic rings. The SMILES string of the molecule is [CH2][C@H]1OC2(CCCCC2)O[C@@H]1c1ccccc1I. The van der Waals surface area contributed by atoms with Gasteiger partial charge in [-0.05, 0) is 54.0 Å². The first kappa shape index (κ1) is 12.9. The molecule has 3 heteroatoms.